The maximum absolute atomic E-state index is 11.8. The minimum atomic E-state index is -2.92. The maximum atomic E-state index is 11.8. The molecule has 4 rings (SSSR count). The van der Waals surface area contributed by atoms with E-state index >= 15 is 0 Å². The molecule has 0 radical (unpaired) electrons. The molecule has 0 bridgehead atoms. The first-order valence-corrected chi connectivity index (χ1v) is 12.6. The first-order chi connectivity index (χ1) is 15.7. The monoisotopic (exact) mass is 439 g/mol. The SMILES string of the molecule is CCc1cccc([N+](=O)[O-])c1CO[Si](c1ccccc1)(c1ccccc1)c1ccccc1. The largest absolute Gasteiger partial charge is 0.399 e. The number of nitro groups is 1. The number of hydrogen-bond donors (Lipinski definition) is 0. The van der Waals surface area contributed by atoms with Gasteiger partial charge in [-0.25, -0.2) is 0 Å². The van der Waals surface area contributed by atoms with Crippen LogP contribution in [0.1, 0.15) is 18.1 Å². The van der Waals surface area contributed by atoms with Crippen LogP contribution in [-0.2, 0) is 17.5 Å². The van der Waals surface area contributed by atoms with Crippen LogP contribution in [0.2, 0.25) is 0 Å². The Kier molecular flexibility index (Phi) is 6.59. The highest BCUT2D eigenvalue weighted by molar-refractivity contribution is 7.07. The van der Waals surface area contributed by atoms with Gasteiger partial charge < -0.3 is 4.43 Å². The Morgan fingerprint density at radius 3 is 1.59 bits per heavy atom. The fourth-order valence-corrected chi connectivity index (χ4v) is 8.09. The fraction of sp³-hybridized carbons (Fsp3) is 0.111. The second-order valence-corrected chi connectivity index (χ2v) is 11.0. The molecule has 0 spiro atoms. The molecule has 0 unspecified atom stereocenters. The molecule has 32 heavy (non-hydrogen) atoms. The Morgan fingerprint density at radius 1 is 0.719 bits per heavy atom. The highest BCUT2D eigenvalue weighted by Crippen LogP contribution is 2.25. The minimum Gasteiger partial charge on any atom is -0.399 e. The first kappa shape index (κ1) is 21.7. The van der Waals surface area contributed by atoms with Crippen LogP contribution in [0.4, 0.5) is 5.69 Å². The Bertz CT molecular complexity index is 1080. The average molecular weight is 440 g/mol. The fourth-order valence-electron chi connectivity index (χ4n) is 4.24. The molecule has 0 fully saturated rings. The van der Waals surface area contributed by atoms with Crippen LogP contribution in [-0.4, -0.2) is 13.2 Å². The Morgan fingerprint density at radius 2 is 1.19 bits per heavy atom. The summed E-state index contributed by atoms with van der Waals surface area (Å²) < 4.78 is 6.94. The number of nitro benzene ring substituents is 1. The molecule has 4 nitrogen and oxygen atoms in total. The smallest absolute Gasteiger partial charge is 0.288 e. The van der Waals surface area contributed by atoms with Gasteiger partial charge in [0.2, 0.25) is 0 Å². The topological polar surface area (TPSA) is 52.4 Å². The second kappa shape index (κ2) is 9.72. The van der Waals surface area contributed by atoms with Crippen LogP contribution in [0.3, 0.4) is 0 Å². The molecule has 0 aromatic heterocycles. The standard InChI is InChI=1S/C27H25NO3Si/c1-2-22-13-12-20-27(28(29)30)26(22)21-31-32(23-14-6-3-7-15-23,24-16-8-4-9-17-24)25-18-10-5-11-19-25/h3-20H,2,21H2,1H3. The van der Waals surface area contributed by atoms with Crippen LogP contribution in [0.25, 0.3) is 0 Å². The van der Waals surface area contributed by atoms with Gasteiger partial charge in [-0.05, 0) is 27.5 Å². The lowest BCUT2D eigenvalue weighted by atomic mass is 10.0. The van der Waals surface area contributed by atoms with E-state index in [0.717, 1.165) is 21.1 Å². The van der Waals surface area contributed by atoms with Crippen molar-refractivity contribution in [2.75, 3.05) is 0 Å². The van der Waals surface area contributed by atoms with Gasteiger partial charge in [0.25, 0.3) is 14.0 Å². The quantitative estimate of drug-likeness (QED) is 0.178. The Balaban J connectivity index is 1.91. The summed E-state index contributed by atoms with van der Waals surface area (Å²) in [5.41, 5.74) is 1.71. The van der Waals surface area contributed by atoms with Crippen molar-refractivity contribution in [1.29, 1.82) is 0 Å². The molecule has 0 N–H and O–H groups in total. The molecule has 5 heteroatoms. The van der Waals surface area contributed by atoms with Gasteiger partial charge in [-0.2, -0.15) is 0 Å². The molecule has 0 amide bonds. The molecule has 4 aromatic carbocycles. The van der Waals surface area contributed by atoms with Crippen molar-refractivity contribution in [3.63, 3.8) is 0 Å². The van der Waals surface area contributed by atoms with Crippen molar-refractivity contribution in [2.45, 2.75) is 20.0 Å². The van der Waals surface area contributed by atoms with Gasteiger partial charge >= 0.3 is 0 Å². The van der Waals surface area contributed by atoms with E-state index in [1.807, 2.05) is 67.6 Å². The summed E-state index contributed by atoms with van der Waals surface area (Å²) in [7, 11) is -2.92. The van der Waals surface area contributed by atoms with E-state index in [2.05, 4.69) is 36.4 Å². The zero-order valence-corrected chi connectivity index (χ0v) is 19.0. The molecular weight excluding hydrogens is 414 g/mol. The van der Waals surface area contributed by atoms with E-state index in [4.69, 9.17) is 4.43 Å². The van der Waals surface area contributed by atoms with Crippen molar-refractivity contribution in [3.05, 3.63) is 130 Å². The van der Waals surface area contributed by atoms with Crippen LogP contribution in [0.5, 0.6) is 0 Å². The Hall–Kier alpha value is -3.54. The van der Waals surface area contributed by atoms with Crippen molar-refractivity contribution in [3.8, 4) is 0 Å². The normalized spacial score (nSPS) is 11.3. The van der Waals surface area contributed by atoms with E-state index < -0.39 is 8.32 Å². The van der Waals surface area contributed by atoms with Crippen molar-refractivity contribution < 1.29 is 9.35 Å². The lowest BCUT2D eigenvalue weighted by Gasteiger charge is -2.33. The van der Waals surface area contributed by atoms with Gasteiger partial charge in [-0.15, -0.1) is 0 Å². The van der Waals surface area contributed by atoms with E-state index in [1.165, 1.54) is 0 Å². The van der Waals surface area contributed by atoms with Gasteiger partial charge in [-0.1, -0.05) is 110 Å². The molecule has 0 aliphatic heterocycles. The number of nitrogens with zero attached hydrogens (tertiary/aromatic N) is 1. The molecule has 160 valence electrons. The van der Waals surface area contributed by atoms with Gasteiger partial charge in [0.15, 0.2) is 0 Å². The summed E-state index contributed by atoms with van der Waals surface area (Å²) in [5, 5.41) is 15.1. The van der Waals surface area contributed by atoms with Gasteiger partial charge in [0.1, 0.15) is 0 Å². The molecule has 4 aromatic rings. The molecule has 0 aliphatic rings. The molecular formula is C27H25NO3Si. The van der Waals surface area contributed by atoms with Crippen molar-refractivity contribution in [2.24, 2.45) is 0 Å². The highest BCUT2D eigenvalue weighted by Gasteiger charge is 2.42. The highest BCUT2D eigenvalue weighted by atomic mass is 28.4. The van der Waals surface area contributed by atoms with Gasteiger partial charge in [0.05, 0.1) is 17.1 Å². The number of hydrogen-bond acceptors (Lipinski definition) is 3. The lowest BCUT2D eigenvalue weighted by Crippen LogP contribution is -2.69. The lowest BCUT2D eigenvalue weighted by molar-refractivity contribution is -0.385. The summed E-state index contributed by atoms with van der Waals surface area (Å²) in [6.07, 6.45) is 0.705. The third-order valence-corrected chi connectivity index (χ3v) is 9.82. The third kappa shape index (κ3) is 4.13. The zero-order chi connectivity index (χ0) is 22.4. The van der Waals surface area contributed by atoms with Crippen molar-refractivity contribution >= 4 is 29.6 Å². The van der Waals surface area contributed by atoms with E-state index in [1.54, 1.807) is 12.1 Å². The average Bonchev–Trinajstić information content (AvgIpc) is 2.86. The number of rotatable bonds is 8. The summed E-state index contributed by atoms with van der Waals surface area (Å²) in [6, 6.07) is 36.0. The van der Waals surface area contributed by atoms with Gasteiger partial charge in [0, 0.05) is 6.07 Å². The van der Waals surface area contributed by atoms with Crippen LogP contribution < -0.4 is 15.6 Å². The number of benzene rings is 4. The third-order valence-electron chi connectivity index (χ3n) is 5.80. The molecule has 0 heterocycles. The zero-order valence-electron chi connectivity index (χ0n) is 18.0. The van der Waals surface area contributed by atoms with E-state index in [0.29, 0.717) is 12.0 Å². The molecule has 0 saturated heterocycles. The summed E-state index contributed by atoms with van der Waals surface area (Å²) in [6.45, 7) is 2.18. The summed E-state index contributed by atoms with van der Waals surface area (Å²) >= 11 is 0. The van der Waals surface area contributed by atoms with Crippen LogP contribution in [0, 0.1) is 10.1 Å². The maximum Gasteiger partial charge on any atom is 0.288 e. The van der Waals surface area contributed by atoms with E-state index in [9.17, 15) is 10.1 Å². The first-order valence-electron chi connectivity index (χ1n) is 10.7. The number of aryl methyl sites for hydroxylation is 1. The van der Waals surface area contributed by atoms with Crippen molar-refractivity contribution in [1.82, 2.24) is 0 Å². The van der Waals surface area contributed by atoms with Crippen LogP contribution >= 0.6 is 0 Å². The molecule has 0 saturated carbocycles. The Labute approximate surface area is 189 Å². The predicted molar refractivity (Wildman–Crippen MR) is 131 cm³/mol. The van der Waals surface area contributed by atoms with Gasteiger partial charge in [-0.3, -0.25) is 10.1 Å². The second-order valence-electron chi connectivity index (χ2n) is 7.59. The summed E-state index contributed by atoms with van der Waals surface area (Å²) in [4.78, 5) is 11.5. The molecule has 0 aliphatic carbocycles. The predicted octanol–water partition coefficient (Wildman–Crippen LogP) is 4.34. The molecule has 0 atom stereocenters. The summed E-state index contributed by atoms with van der Waals surface area (Å²) in [5.74, 6) is 0. The van der Waals surface area contributed by atoms with Crippen LogP contribution in [0.15, 0.2) is 109 Å². The minimum absolute atomic E-state index is 0.112. The van der Waals surface area contributed by atoms with E-state index in [-0.39, 0.29) is 17.2 Å².